The molecule has 0 N–H and O–H groups in total. The van der Waals surface area contributed by atoms with Gasteiger partial charge in [0.2, 0.25) is 0 Å². The van der Waals surface area contributed by atoms with E-state index in [4.69, 9.17) is 21.1 Å². The standard InChI is InChI=1S/C17H16BrClO2/c1-20-16-7-5-13(19)10-14(16)17(18)12-4-6-15-11(9-12)3-2-8-21-15/h4-7,9-10,17H,2-3,8H2,1H3. The quantitative estimate of drug-likeness (QED) is 0.698. The van der Waals surface area contributed by atoms with Gasteiger partial charge in [0.15, 0.2) is 0 Å². The molecule has 21 heavy (non-hydrogen) atoms. The topological polar surface area (TPSA) is 18.5 Å². The molecule has 0 radical (unpaired) electrons. The van der Waals surface area contributed by atoms with Gasteiger partial charge in [0.1, 0.15) is 11.5 Å². The Morgan fingerprint density at radius 1 is 1.24 bits per heavy atom. The average molecular weight is 368 g/mol. The molecule has 4 heteroatoms. The van der Waals surface area contributed by atoms with Crippen molar-refractivity contribution in [2.75, 3.05) is 13.7 Å². The Kier molecular flexibility index (Phi) is 4.41. The minimum Gasteiger partial charge on any atom is -0.496 e. The predicted molar refractivity (Wildman–Crippen MR) is 89.0 cm³/mol. The zero-order valence-electron chi connectivity index (χ0n) is 11.7. The van der Waals surface area contributed by atoms with E-state index in [-0.39, 0.29) is 4.83 Å². The number of aryl methyl sites for hydroxylation is 1. The van der Waals surface area contributed by atoms with Crippen molar-refractivity contribution in [1.82, 2.24) is 0 Å². The van der Waals surface area contributed by atoms with Crippen LogP contribution in [-0.2, 0) is 6.42 Å². The molecule has 2 aromatic carbocycles. The van der Waals surface area contributed by atoms with Crippen LogP contribution in [0.3, 0.4) is 0 Å². The molecule has 0 bridgehead atoms. The van der Waals surface area contributed by atoms with Gasteiger partial charge in [0.05, 0.1) is 18.5 Å². The van der Waals surface area contributed by atoms with Crippen LogP contribution in [0, 0.1) is 0 Å². The fourth-order valence-corrected chi connectivity index (χ4v) is 3.44. The second-order valence-corrected chi connectivity index (χ2v) is 6.42. The number of benzene rings is 2. The van der Waals surface area contributed by atoms with Crippen LogP contribution in [-0.4, -0.2) is 13.7 Å². The highest BCUT2D eigenvalue weighted by Gasteiger charge is 2.18. The molecule has 0 aliphatic carbocycles. The number of fused-ring (bicyclic) bond motifs is 1. The summed E-state index contributed by atoms with van der Waals surface area (Å²) in [6.45, 7) is 0.812. The van der Waals surface area contributed by atoms with Crippen molar-refractivity contribution in [2.24, 2.45) is 0 Å². The highest BCUT2D eigenvalue weighted by atomic mass is 79.9. The van der Waals surface area contributed by atoms with Crippen LogP contribution < -0.4 is 9.47 Å². The molecule has 1 atom stereocenters. The SMILES string of the molecule is COc1ccc(Cl)cc1C(Br)c1ccc2c(c1)CCCO2. The first-order valence-corrected chi connectivity index (χ1v) is 8.21. The molecule has 3 rings (SSSR count). The molecule has 110 valence electrons. The molecule has 0 saturated heterocycles. The number of rotatable bonds is 3. The number of hydrogen-bond donors (Lipinski definition) is 0. The van der Waals surface area contributed by atoms with Crippen LogP contribution in [0.4, 0.5) is 0 Å². The fraction of sp³-hybridized carbons (Fsp3) is 0.294. The third-order valence-corrected chi connectivity index (χ3v) is 4.95. The summed E-state index contributed by atoms with van der Waals surface area (Å²) in [6, 6.07) is 12.0. The van der Waals surface area contributed by atoms with Crippen molar-refractivity contribution in [2.45, 2.75) is 17.7 Å². The molecule has 1 aliphatic heterocycles. The molecule has 0 spiro atoms. The van der Waals surface area contributed by atoms with E-state index < -0.39 is 0 Å². The Morgan fingerprint density at radius 3 is 2.90 bits per heavy atom. The highest BCUT2D eigenvalue weighted by Crippen LogP contribution is 2.39. The van der Waals surface area contributed by atoms with E-state index >= 15 is 0 Å². The Balaban J connectivity index is 1.98. The van der Waals surface area contributed by atoms with Gasteiger partial charge in [-0.2, -0.15) is 0 Å². The summed E-state index contributed by atoms with van der Waals surface area (Å²) in [4.78, 5) is 0.0402. The van der Waals surface area contributed by atoms with E-state index in [1.807, 2.05) is 18.2 Å². The van der Waals surface area contributed by atoms with Crippen molar-refractivity contribution in [3.05, 3.63) is 58.1 Å². The number of methoxy groups -OCH3 is 1. The second-order valence-electron chi connectivity index (χ2n) is 5.07. The van der Waals surface area contributed by atoms with Gasteiger partial charge in [0, 0.05) is 10.6 Å². The van der Waals surface area contributed by atoms with Crippen molar-refractivity contribution < 1.29 is 9.47 Å². The fourth-order valence-electron chi connectivity index (χ4n) is 2.62. The maximum atomic E-state index is 6.12. The maximum Gasteiger partial charge on any atom is 0.123 e. The first-order valence-electron chi connectivity index (χ1n) is 6.92. The van der Waals surface area contributed by atoms with E-state index in [0.29, 0.717) is 5.02 Å². The first kappa shape index (κ1) is 14.7. The van der Waals surface area contributed by atoms with Crippen molar-refractivity contribution >= 4 is 27.5 Å². The Hall–Kier alpha value is -1.19. The van der Waals surface area contributed by atoms with Gasteiger partial charge in [-0.15, -0.1) is 0 Å². The zero-order chi connectivity index (χ0) is 14.8. The van der Waals surface area contributed by atoms with E-state index in [1.54, 1.807) is 7.11 Å². The molecule has 0 saturated carbocycles. The van der Waals surface area contributed by atoms with Gasteiger partial charge < -0.3 is 9.47 Å². The Labute approximate surface area is 138 Å². The highest BCUT2D eigenvalue weighted by molar-refractivity contribution is 9.09. The summed E-state index contributed by atoms with van der Waals surface area (Å²) in [5, 5.41) is 0.705. The molecular weight excluding hydrogens is 352 g/mol. The summed E-state index contributed by atoms with van der Waals surface area (Å²) in [6.07, 6.45) is 2.14. The van der Waals surface area contributed by atoms with E-state index in [1.165, 1.54) is 11.1 Å². The summed E-state index contributed by atoms with van der Waals surface area (Å²) < 4.78 is 11.1. The maximum absolute atomic E-state index is 6.12. The van der Waals surface area contributed by atoms with Crippen LogP contribution in [0.1, 0.15) is 27.9 Å². The van der Waals surface area contributed by atoms with Crippen molar-refractivity contribution in [3.8, 4) is 11.5 Å². The smallest absolute Gasteiger partial charge is 0.123 e. The molecule has 0 aromatic heterocycles. The molecule has 2 nitrogen and oxygen atoms in total. The van der Waals surface area contributed by atoms with Gasteiger partial charge in [0.25, 0.3) is 0 Å². The van der Waals surface area contributed by atoms with Crippen LogP contribution in [0.15, 0.2) is 36.4 Å². The third-order valence-electron chi connectivity index (χ3n) is 3.69. The van der Waals surface area contributed by atoms with Crippen molar-refractivity contribution in [1.29, 1.82) is 0 Å². The third kappa shape index (κ3) is 3.04. The molecule has 1 aliphatic rings. The minimum atomic E-state index is 0.0402. The van der Waals surface area contributed by atoms with Crippen LogP contribution in [0.5, 0.6) is 11.5 Å². The molecule has 0 amide bonds. The van der Waals surface area contributed by atoms with Crippen molar-refractivity contribution in [3.63, 3.8) is 0 Å². The number of ether oxygens (including phenoxy) is 2. The largest absolute Gasteiger partial charge is 0.496 e. The number of halogens is 2. The summed E-state index contributed by atoms with van der Waals surface area (Å²) in [5.74, 6) is 1.83. The van der Waals surface area contributed by atoms with E-state index in [0.717, 1.165) is 36.5 Å². The summed E-state index contributed by atoms with van der Waals surface area (Å²) >= 11 is 9.89. The van der Waals surface area contributed by atoms with E-state index in [2.05, 4.69) is 34.1 Å². The Bertz CT molecular complexity index is 657. The Morgan fingerprint density at radius 2 is 2.10 bits per heavy atom. The lowest BCUT2D eigenvalue weighted by Gasteiger charge is -2.20. The molecule has 0 fully saturated rings. The molecular formula is C17H16BrClO2. The monoisotopic (exact) mass is 366 g/mol. The molecule has 1 heterocycles. The molecule has 1 unspecified atom stereocenters. The minimum absolute atomic E-state index is 0.0402. The van der Waals surface area contributed by atoms with Crippen LogP contribution in [0.2, 0.25) is 5.02 Å². The summed E-state index contributed by atoms with van der Waals surface area (Å²) in [7, 11) is 1.67. The second kappa shape index (κ2) is 6.29. The number of hydrogen-bond acceptors (Lipinski definition) is 2. The molecule has 2 aromatic rings. The van der Waals surface area contributed by atoms with Gasteiger partial charge >= 0.3 is 0 Å². The van der Waals surface area contributed by atoms with E-state index in [9.17, 15) is 0 Å². The lowest BCUT2D eigenvalue weighted by atomic mass is 9.98. The average Bonchev–Trinajstić information content (AvgIpc) is 2.53. The number of alkyl halides is 1. The zero-order valence-corrected chi connectivity index (χ0v) is 14.1. The van der Waals surface area contributed by atoms with Gasteiger partial charge in [-0.3, -0.25) is 0 Å². The van der Waals surface area contributed by atoms with Gasteiger partial charge in [-0.05, 0) is 48.2 Å². The van der Waals surface area contributed by atoms with Crippen LogP contribution >= 0.6 is 27.5 Å². The van der Waals surface area contributed by atoms with Gasteiger partial charge in [-0.1, -0.05) is 39.7 Å². The lowest BCUT2D eigenvalue weighted by Crippen LogP contribution is -2.09. The predicted octanol–water partition coefficient (Wildman–Crippen LogP) is 5.16. The summed E-state index contributed by atoms with van der Waals surface area (Å²) in [5.41, 5.74) is 3.48. The van der Waals surface area contributed by atoms with Gasteiger partial charge in [-0.25, -0.2) is 0 Å². The first-order chi connectivity index (χ1) is 10.2. The normalized spacial score (nSPS) is 15.0. The lowest BCUT2D eigenvalue weighted by molar-refractivity contribution is 0.288. The van der Waals surface area contributed by atoms with Crippen LogP contribution in [0.25, 0.3) is 0 Å².